The predicted molar refractivity (Wildman–Crippen MR) is 74.7 cm³/mol. The average Bonchev–Trinajstić information content (AvgIpc) is 2.96. The second-order valence-corrected chi connectivity index (χ2v) is 5.63. The Bertz CT molecular complexity index is 577. The average molecular weight is 243 g/mol. The van der Waals surface area contributed by atoms with Crippen molar-refractivity contribution in [1.29, 1.82) is 0 Å². The van der Waals surface area contributed by atoms with Gasteiger partial charge in [-0.3, -0.25) is 4.68 Å². The lowest BCUT2D eigenvalue weighted by Gasteiger charge is -2.28. The molecule has 3 heteroatoms. The van der Waals surface area contributed by atoms with Crippen LogP contribution in [0.1, 0.15) is 36.9 Å². The van der Waals surface area contributed by atoms with Crippen molar-refractivity contribution in [1.82, 2.24) is 9.78 Å². The van der Waals surface area contributed by atoms with Gasteiger partial charge in [-0.25, -0.2) is 0 Å². The minimum atomic E-state index is 0.219. The fraction of sp³-hybridized carbons (Fsp3) is 0.533. The van der Waals surface area contributed by atoms with Gasteiger partial charge in [0.15, 0.2) is 0 Å². The Kier molecular flexibility index (Phi) is 2.67. The first-order valence-electron chi connectivity index (χ1n) is 6.80. The van der Waals surface area contributed by atoms with E-state index in [-0.39, 0.29) is 5.41 Å². The molecule has 3 rings (SSSR count). The van der Waals surface area contributed by atoms with Crippen LogP contribution in [0.2, 0.25) is 0 Å². The maximum atomic E-state index is 6.07. The topological polar surface area (TPSA) is 43.8 Å². The molecular weight excluding hydrogens is 222 g/mol. The van der Waals surface area contributed by atoms with Gasteiger partial charge in [-0.05, 0) is 37.5 Å². The third-order valence-corrected chi connectivity index (χ3v) is 4.60. The van der Waals surface area contributed by atoms with Crippen LogP contribution in [0.5, 0.6) is 0 Å². The molecule has 0 bridgehead atoms. The number of nitrogens with zero attached hydrogens (tertiary/aromatic N) is 2. The number of nitrogens with two attached hydrogens (primary N) is 1. The minimum Gasteiger partial charge on any atom is -0.330 e. The summed E-state index contributed by atoms with van der Waals surface area (Å²) in [5.41, 5.74) is 10.0. The van der Waals surface area contributed by atoms with Gasteiger partial charge in [-0.2, -0.15) is 5.10 Å². The summed E-state index contributed by atoms with van der Waals surface area (Å²) in [6, 6.07) is 6.76. The van der Waals surface area contributed by atoms with Crippen LogP contribution in [0.25, 0.3) is 10.9 Å². The highest BCUT2D eigenvalue weighted by Crippen LogP contribution is 2.41. The lowest BCUT2D eigenvalue weighted by molar-refractivity contribution is 0.453. The highest BCUT2D eigenvalue weighted by molar-refractivity contribution is 5.82. The molecule has 1 fully saturated rings. The molecule has 2 N–H and O–H groups in total. The van der Waals surface area contributed by atoms with Gasteiger partial charge in [-0.15, -0.1) is 0 Å². The lowest BCUT2D eigenvalue weighted by Crippen LogP contribution is -2.31. The highest BCUT2D eigenvalue weighted by atomic mass is 15.3. The molecule has 0 amide bonds. The quantitative estimate of drug-likeness (QED) is 0.881. The zero-order valence-electron chi connectivity index (χ0n) is 11.2. The molecule has 18 heavy (non-hydrogen) atoms. The summed E-state index contributed by atoms with van der Waals surface area (Å²) in [6.45, 7) is 2.84. The maximum absolute atomic E-state index is 6.07. The van der Waals surface area contributed by atoms with Crippen LogP contribution < -0.4 is 5.73 Å². The molecule has 1 aliphatic carbocycles. The first-order chi connectivity index (χ1) is 8.66. The molecule has 1 aromatic heterocycles. The van der Waals surface area contributed by atoms with Crippen molar-refractivity contribution in [2.24, 2.45) is 12.8 Å². The predicted octanol–water partition coefficient (Wildman–Crippen LogP) is 2.65. The van der Waals surface area contributed by atoms with E-state index in [1.54, 1.807) is 0 Å². The van der Waals surface area contributed by atoms with Gasteiger partial charge in [0, 0.05) is 24.4 Å². The van der Waals surface area contributed by atoms with Crippen molar-refractivity contribution < 1.29 is 0 Å². The van der Waals surface area contributed by atoms with E-state index in [2.05, 4.69) is 30.2 Å². The van der Waals surface area contributed by atoms with E-state index in [1.165, 1.54) is 42.1 Å². The Morgan fingerprint density at radius 1 is 1.33 bits per heavy atom. The van der Waals surface area contributed by atoms with Crippen molar-refractivity contribution in [3.63, 3.8) is 0 Å². The zero-order valence-corrected chi connectivity index (χ0v) is 11.2. The highest BCUT2D eigenvalue weighted by Gasteiger charge is 2.34. The molecule has 2 aromatic rings. The molecule has 0 saturated heterocycles. The first kappa shape index (κ1) is 11.7. The molecular formula is C15H21N3. The summed E-state index contributed by atoms with van der Waals surface area (Å²) in [5.74, 6) is 0. The van der Waals surface area contributed by atoms with Crippen LogP contribution >= 0.6 is 0 Å². The smallest absolute Gasteiger partial charge is 0.0682 e. The van der Waals surface area contributed by atoms with Gasteiger partial charge in [0.1, 0.15) is 0 Å². The Labute approximate surface area is 108 Å². The fourth-order valence-corrected chi connectivity index (χ4v) is 3.43. The molecule has 3 nitrogen and oxygen atoms in total. The van der Waals surface area contributed by atoms with E-state index < -0.39 is 0 Å². The second kappa shape index (κ2) is 4.09. The summed E-state index contributed by atoms with van der Waals surface area (Å²) in [7, 11) is 2.00. The molecule has 0 radical (unpaired) electrons. The third kappa shape index (κ3) is 1.57. The van der Waals surface area contributed by atoms with E-state index in [0.29, 0.717) is 0 Å². The standard InChI is InChI=1S/C15H21N3/c1-11-13-9-12(5-6-14(13)18(2)17-11)15(10-16)7-3-4-8-15/h5-6,9H,3-4,7-8,10,16H2,1-2H3. The van der Waals surface area contributed by atoms with Crippen molar-refractivity contribution >= 4 is 10.9 Å². The van der Waals surface area contributed by atoms with Gasteiger partial charge in [0.25, 0.3) is 0 Å². The normalized spacial score (nSPS) is 18.6. The SMILES string of the molecule is Cc1nn(C)c2ccc(C3(CN)CCCC3)cc12. The summed E-state index contributed by atoms with van der Waals surface area (Å²) < 4.78 is 1.96. The molecule has 96 valence electrons. The number of hydrogen-bond donors (Lipinski definition) is 1. The zero-order chi connectivity index (χ0) is 12.8. The van der Waals surface area contributed by atoms with Gasteiger partial charge in [-0.1, -0.05) is 18.9 Å². The fourth-order valence-electron chi connectivity index (χ4n) is 3.43. The number of aromatic nitrogens is 2. The van der Waals surface area contributed by atoms with Crippen LogP contribution in [0.15, 0.2) is 18.2 Å². The summed E-state index contributed by atoms with van der Waals surface area (Å²) in [4.78, 5) is 0. The first-order valence-corrected chi connectivity index (χ1v) is 6.80. The monoisotopic (exact) mass is 243 g/mol. The molecule has 1 heterocycles. The Balaban J connectivity index is 2.15. The second-order valence-electron chi connectivity index (χ2n) is 5.63. The number of rotatable bonds is 2. The van der Waals surface area contributed by atoms with Crippen LogP contribution in [-0.2, 0) is 12.5 Å². The van der Waals surface area contributed by atoms with Crippen molar-refractivity contribution in [2.45, 2.75) is 38.0 Å². The van der Waals surface area contributed by atoms with Crippen molar-refractivity contribution in [3.05, 3.63) is 29.5 Å². The molecule has 1 aliphatic rings. The largest absolute Gasteiger partial charge is 0.330 e. The Hall–Kier alpha value is -1.35. The molecule has 0 atom stereocenters. The summed E-state index contributed by atoms with van der Waals surface area (Å²) in [6.07, 6.45) is 5.07. The van der Waals surface area contributed by atoms with E-state index in [9.17, 15) is 0 Å². The Morgan fingerprint density at radius 2 is 2.06 bits per heavy atom. The van der Waals surface area contributed by atoms with Crippen molar-refractivity contribution in [2.75, 3.05) is 6.54 Å². The van der Waals surface area contributed by atoms with Crippen LogP contribution in [0.4, 0.5) is 0 Å². The number of hydrogen-bond acceptors (Lipinski definition) is 2. The molecule has 1 aromatic carbocycles. The van der Waals surface area contributed by atoms with E-state index in [1.807, 2.05) is 11.7 Å². The van der Waals surface area contributed by atoms with Gasteiger partial charge in [0.2, 0.25) is 0 Å². The van der Waals surface area contributed by atoms with Crippen LogP contribution in [0.3, 0.4) is 0 Å². The molecule has 0 spiro atoms. The minimum absolute atomic E-state index is 0.219. The van der Waals surface area contributed by atoms with E-state index >= 15 is 0 Å². The van der Waals surface area contributed by atoms with Crippen molar-refractivity contribution in [3.8, 4) is 0 Å². The maximum Gasteiger partial charge on any atom is 0.0682 e. The number of fused-ring (bicyclic) bond motifs is 1. The van der Waals surface area contributed by atoms with E-state index in [0.717, 1.165) is 12.2 Å². The van der Waals surface area contributed by atoms with Gasteiger partial charge >= 0.3 is 0 Å². The van der Waals surface area contributed by atoms with Gasteiger partial charge in [0.05, 0.1) is 11.2 Å². The summed E-state index contributed by atoms with van der Waals surface area (Å²) >= 11 is 0. The molecule has 0 aliphatic heterocycles. The van der Waals surface area contributed by atoms with Crippen LogP contribution in [0, 0.1) is 6.92 Å². The molecule has 1 saturated carbocycles. The molecule has 0 unspecified atom stereocenters. The Morgan fingerprint density at radius 3 is 2.72 bits per heavy atom. The van der Waals surface area contributed by atoms with Gasteiger partial charge < -0.3 is 5.73 Å². The number of aryl methyl sites for hydroxylation is 2. The number of benzene rings is 1. The summed E-state index contributed by atoms with van der Waals surface area (Å²) in [5, 5.41) is 5.76. The van der Waals surface area contributed by atoms with Crippen LogP contribution in [-0.4, -0.2) is 16.3 Å². The lowest BCUT2D eigenvalue weighted by atomic mass is 9.78. The third-order valence-electron chi connectivity index (χ3n) is 4.60. The van der Waals surface area contributed by atoms with E-state index in [4.69, 9.17) is 5.73 Å².